The summed E-state index contributed by atoms with van der Waals surface area (Å²) < 4.78 is 0. The molecule has 2 heteroatoms. The largest absolute Gasteiger partial charge is 0.393 e. The van der Waals surface area contributed by atoms with E-state index in [4.69, 9.17) is 0 Å². The number of likely N-dealkylation sites (tertiary alicyclic amines) is 1. The number of aliphatic hydroxyl groups excluding tert-OH is 1. The Hall–Kier alpha value is -0.0800. The smallest absolute Gasteiger partial charge is 0.0583 e. The summed E-state index contributed by atoms with van der Waals surface area (Å²) >= 11 is 0. The first-order valence-electron chi connectivity index (χ1n) is 7.80. The zero-order valence-electron chi connectivity index (χ0n) is 11.0. The van der Waals surface area contributed by atoms with Gasteiger partial charge >= 0.3 is 0 Å². The Kier molecular flexibility index (Phi) is 3.72. The number of nitrogens with zero attached hydrogens (tertiary/aromatic N) is 1. The molecular weight excluding hydrogens is 210 g/mol. The van der Waals surface area contributed by atoms with E-state index in [2.05, 4.69) is 4.90 Å². The second kappa shape index (κ2) is 5.27. The summed E-state index contributed by atoms with van der Waals surface area (Å²) in [7, 11) is 0. The molecule has 1 aliphatic heterocycles. The molecule has 2 saturated carbocycles. The molecule has 0 bridgehead atoms. The van der Waals surface area contributed by atoms with Crippen molar-refractivity contribution in [2.24, 2.45) is 5.92 Å². The highest BCUT2D eigenvalue weighted by Gasteiger charge is 2.39. The molecule has 1 heterocycles. The van der Waals surface area contributed by atoms with Crippen molar-refractivity contribution in [1.29, 1.82) is 0 Å². The van der Waals surface area contributed by atoms with Gasteiger partial charge in [-0.05, 0) is 45.1 Å². The fourth-order valence-corrected chi connectivity index (χ4v) is 4.55. The lowest BCUT2D eigenvalue weighted by Crippen LogP contribution is -2.50. The number of rotatable bonds is 2. The van der Waals surface area contributed by atoms with Crippen molar-refractivity contribution in [1.82, 2.24) is 4.90 Å². The lowest BCUT2D eigenvalue weighted by molar-refractivity contribution is 0.0129. The molecule has 0 aromatic carbocycles. The lowest BCUT2D eigenvalue weighted by atomic mass is 9.86. The van der Waals surface area contributed by atoms with Crippen LogP contribution in [0.2, 0.25) is 0 Å². The van der Waals surface area contributed by atoms with Gasteiger partial charge in [0.25, 0.3) is 0 Å². The van der Waals surface area contributed by atoms with Crippen LogP contribution in [0.5, 0.6) is 0 Å². The van der Waals surface area contributed by atoms with Gasteiger partial charge in [0, 0.05) is 18.0 Å². The molecule has 17 heavy (non-hydrogen) atoms. The molecule has 1 saturated heterocycles. The lowest BCUT2D eigenvalue weighted by Gasteiger charge is -2.43. The van der Waals surface area contributed by atoms with Crippen LogP contribution < -0.4 is 0 Å². The fourth-order valence-electron chi connectivity index (χ4n) is 4.55. The van der Waals surface area contributed by atoms with Gasteiger partial charge in [-0.2, -0.15) is 0 Å². The van der Waals surface area contributed by atoms with E-state index < -0.39 is 0 Å². The first-order chi connectivity index (χ1) is 8.36. The van der Waals surface area contributed by atoms with Crippen LogP contribution in [0, 0.1) is 5.92 Å². The standard InChI is InChI=1S/C15H27NO/c17-15-10-5-8-13(15)14-9-3-4-11-16(14)12-6-1-2-7-12/h12-15,17H,1-11H2. The minimum Gasteiger partial charge on any atom is -0.393 e. The Bertz CT molecular complexity index is 249. The summed E-state index contributed by atoms with van der Waals surface area (Å²) in [5, 5.41) is 10.2. The first-order valence-corrected chi connectivity index (χ1v) is 7.80. The third kappa shape index (κ3) is 2.39. The Balaban J connectivity index is 1.70. The van der Waals surface area contributed by atoms with Crippen molar-refractivity contribution in [2.75, 3.05) is 6.54 Å². The van der Waals surface area contributed by atoms with Crippen molar-refractivity contribution in [3.63, 3.8) is 0 Å². The zero-order valence-corrected chi connectivity index (χ0v) is 11.0. The van der Waals surface area contributed by atoms with E-state index in [0.717, 1.165) is 12.5 Å². The van der Waals surface area contributed by atoms with Crippen LogP contribution in [0.25, 0.3) is 0 Å². The van der Waals surface area contributed by atoms with Gasteiger partial charge < -0.3 is 5.11 Å². The molecular formula is C15H27NO. The Morgan fingerprint density at radius 2 is 1.53 bits per heavy atom. The predicted octanol–water partition coefficient (Wildman–Crippen LogP) is 2.94. The van der Waals surface area contributed by atoms with Crippen LogP contribution in [-0.4, -0.2) is 34.7 Å². The van der Waals surface area contributed by atoms with Crippen LogP contribution in [0.1, 0.15) is 64.2 Å². The van der Waals surface area contributed by atoms with E-state index in [1.54, 1.807) is 0 Å². The molecule has 0 radical (unpaired) electrons. The number of hydrogen-bond donors (Lipinski definition) is 1. The molecule has 0 amide bonds. The maximum Gasteiger partial charge on any atom is 0.0583 e. The van der Waals surface area contributed by atoms with Crippen LogP contribution >= 0.6 is 0 Å². The summed E-state index contributed by atoms with van der Waals surface area (Å²) in [4.78, 5) is 2.80. The molecule has 2 aliphatic carbocycles. The highest BCUT2D eigenvalue weighted by atomic mass is 16.3. The van der Waals surface area contributed by atoms with E-state index >= 15 is 0 Å². The molecule has 0 aromatic heterocycles. The Labute approximate surface area is 105 Å². The van der Waals surface area contributed by atoms with Crippen molar-refractivity contribution >= 4 is 0 Å². The molecule has 98 valence electrons. The van der Waals surface area contributed by atoms with E-state index in [1.807, 2.05) is 0 Å². The van der Waals surface area contributed by atoms with Crippen LogP contribution in [-0.2, 0) is 0 Å². The molecule has 0 spiro atoms. The van der Waals surface area contributed by atoms with Gasteiger partial charge in [-0.1, -0.05) is 25.7 Å². The topological polar surface area (TPSA) is 23.5 Å². The van der Waals surface area contributed by atoms with E-state index in [0.29, 0.717) is 12.0 Å². The monoisotopic (exact) mass is 237 g/mol. The molecule has 3 fully saturated rings. The summed E-state index contributed by atoms with van der Waals surface area (Å²) in [5.74, 6) is 0.593. The van der Waals surface area contributed by atoms with Gasteiger partial charge in [-0.3, -0.25) is 4.90 Å². The highest BCUT2D eigenvalue weighted by Crippen LogP contribution is 2.38. The second-order valence-corrected chi connectivity index (χ2v) is 6.40. The van der Waals surface area contributed by atoms with Gasteiger partial charge in [0.1, 0.15) is 0 Å². The Morgan fingerprint density at radius 1 is 0.765 bits per heavy atom. The number of hydrogen-bond acceptors (Lipinski definition) is 2. The van der Waals surface area contributed by atoms with Crippen LogP contribution in [0.15, 0.2) is 0 Å². The van der Waals surface area contributed by atoms with Crippen LogP contribution in [0.4, 0.5) is 0 Å². The Morgan fingerprint density at radius 3 is 2.24 bits per heavy atom. The molecule has 3 unspecified atom stereocenters. The van der Waals surface area contributed by atoms with Crippen molar-refractivity contribution in [3.8, 4) is 0 Å². The molecule has 1 N–H and O–H groups in total. The van der Waals surface area contributed by atoms with Gasteiger partial charge in [0.05, 0.1) is 6.10 Å². The van der Waals surface area contributed by atoms with Crippen LogP contribution in [0.3, 0.4) is 0 Å². The van der Waals surface area contributed by atoms with Gasteiger partial charge in [0.2, 0.25) is 0 Å². The third-order valence-electron chi connectivity index (χ3n) is 5.41. The average Bonchev–Trinajstić information content (AvgIpc) is 3.00. The van der Waals surface area contributed by atoms with Gasteiger partial charge in [-0.15, -0.1) is 0 Å². The van der Waals surface area contributed by atoms with Crippen molar-refractivity contribution in [2.45, 2.75) is 82.4 Å². The maximum absolute atomic E-state index is 10.2. The summed E-state index contributed by atoms with van der Waals surface area (Å²) in [6, 6.07) is 1.57. The van der Waals surface area contributed by atoms with Crippen molar-refractivity contribution in [3.05, 3.63) is 0 Å². The highest BCUT2D eigenvalue weighted by molar-refractivity contribution is 4.93. The van der Waals surface area contributed by atoms with E-state index in [1.165, 1.54) is 64.3 Å². The number of piperidine rings is 1. The third-order valence-corrected chi connectivity index (χ3v) is 5.41. The average molecular weight is 237 g/mol. The van der Waals surface area contributed by atoms with Gasteiger partial charge in [-0.25, -0.2) is 0 Å². The van der Waals surface area contributed by atoms with Crippen molar-refractivity contribution < 1.29 is 5.11 Å². The fraction of sp³-hybridized carbons (Fsp3) is 1.00. The second-order valence-electron chi connectivity index (χ2n) is 6.40. The molecule has 3 aliphatic rings. The normalized spacial score (nSPS) is 41.1. The van der Waals surface area contributed by atoms with E-state index in [9.17, 15) is 5.11 Å². The minimum absolute atomic E-state index is 0.00185. The molecule has 3 rings (SSSR count). The SMILES string of the molecule is OC1CCCC1C1CCCCN1C1CCCC1. The molecule has 3 atom stereocenters. The summed E-state index contributed by atoms with van der Waals surface area (Å²) in [5.41, 5.74) is 0. The number of aliphatic hydroxyl groups is 1. The summed E-state index contributed by atoms with van der Waals surface area (Å²) in [6.45, 7) is 1.30. The first kappa shape index (κ1) is 12.0. The zero-order chi connectivity index (χ0) is 11.7. The molecule has 0 aromatic rings. The minimum atomic E-state index is 0.00185. The maximum atomic E-state index is 10.2. The van der Waals surface area contributed by atoms with E-state index in [-0.39, 0.29) is 6.10 Å². The predicted molar refractivity (Wildman–Crippen MR) is 69.9 cm³/mol. The summed E-state index contributed by atoms with van der Waals surface area (Å²) in [6.07, 6.45) is 13.4. The quantitative estimate of drug-likeness (QED) is 0.798. The van der Waals surface area contributed by atoms with Gasteiger partial charge in [0.15, 0.2) is 0 Å². The molecule has 2 nitrogen and oxygen atoms in total.